The number of hydrogen-bond acceptors (Lipinski definition) is 6. The Hall–Kier alpha value is -1.88. The van der Waals surface area contributed by atoms with E-state index in [1.165, 1.54) is 43.5 Å². The standard InChI is InChI=1S/C18H21ClN4O4S2/c1-10-11(2)28-17-16(10)18(25)23(9-20-17)8-15(24)21-12-5-6-13(19)14(7-12)29(26,27)22(3)4/h5-7,9,16-17H,8H2,1-4H3,(H,21,24)/t16-,17-/m1/s1. The molecule has 2 heterocycles. The molecule has 11 heteroatoms. The van der Waals surface area contributed by atoms with Crippen LogP contribution in [0.2, 0.25) is 5.02 Å². The molecule has 2 aliphatic rings. The Morgan fingerprint density at radius 2 is 2.03 bits per heavy atom. The van der Waals surface area contributed by atoms with Crippen molar-refractivity contribution in [2.45, 2.75) is 24.1 Å². The normalized spacial score (nSPS) is 21.7. The zero-order chi connectivity index (χ0) is 21.5. The van der Waals surface area contributed by atoms with Gasteiger partial charge in [0, 0.05) is 19.8 Å². The molecule has 29 heavy (non-hydrogen) atoms. The molecule has 1 aromatic carbocycles. The van der Waals surface area contributed by atoms with Gasteiger partial charge in [-0.3, -0.25) is 19.5 Å². The minimum absolute atomic E-state index is 0.0532. The molecule has 3 rings (SSSR count). The molecule has 2 atom stereocenters. The predicted octanol–water partition coefficient (Wildman–Crippen LogP) is 2.38. The molecule has 0 aliphatic carbocycles. The smallest absolute Gasteiger partial charge is 0.244 e. The number of fused-ring (bicyclic) bond motifs is 1. The van der Waals surface area contributed by atoms with Gasteiger partial charge in [-0.25, -0.2) is 12.7 Å². The monoisotopic (exact) mass is 456 g/mol. The number of nitrogens with one attached hydrogen (secondary N) is 1. The highest BCUT2D eigenvalue weighted by atomic mass is 35.5. The molecule has 0 spiro atoms. The van der Waals surface area contributed by atoms with Crippen molar-refractivity contribution in [2.24, 2.45) is 10.9 Å². The van der Waals surface area contributed by atoms with E-state index in [-0.39, 0.29) is 39.3 Å². The van der Waals surface area contributed by atoms with Crippen molar-refractivity contribution >= 4 is 57.2 Å². The SMILES string of the molecule is CC1=C(C)[C@H]2C(=O)N(CC(=O)Nc3ccc(Cl)c(S(=O)(=O)N(C)C)c3)C=N[C@@H]2S1. The lowest BCUT2D eigenvalue weighted by Crippen LogP contribution is -2.45. The third kappa shape index (κ3) is 4.20. The van der Waals surface area contributed by atoms with Crippen molar-refractivity contribution in [2.75, 3.05) is 26.0 Å². The number of anilines is 1. The number of hydrogen-bond donors (Lipinski definition) is 1. The minimum atomic E-state index is -3.77. The number of benzene rings is 1. The van der Waals surface area contributed by atoms with Gasteiger partial charge in [-0.2, -0.15) is 0 Å². The van der Waals surface area contributed by atoms with Gasteiger partial charge in [-0.05, 0) is 42.5 Å². The van der Waals surface area contributed by atoms with Crippen LogP contribution in [0.4, 0.5) is 5.69 Å². The molecule has 2 amide bonds. The Morgan fingerprint density at radius 3 is 2.69 bits per heavy atom. The summed E-state index contributed by atoms with van der Waals surface area (Å²) >= 11 is 7.57. The fraction of sp³-hybridized carbons (Fsp3) is 0.389. The van der Waals surface area contributed by atoms with Crippen molar-refractivity contribution in [1.82, 2.24) is 9.21 Å². The molecule has 0 saturated carbocycles. The lowest BCUT2D eigenvalue weighted by atomic mass is 9.98. The summed E-state index contributed by atoms with van der Waals surface area (Å²) in [6.07, 6.45) is 1.39. The first-order chi connectivity index (χ1) is 13.5. The van der Waals surface area contributed by atoms with Crippen LogP contribution in [-0.2, 0) is 19.6 Å². The highest BCUT2D eigenvalue weighted by Gasteiger charge is 2.41. The molecule has 0 bridgehead atoms. The second-order valence-corrected chi connectivity index (χ2v) is 10.8. The first-order valence-corrected chi connectivity index (χ1v) is 11.4. The van der Waals surface area contributed by atoms with Crippen molar-refractivity contribution < 1.29 is 18.0 Å². The molecule has 2 aliphatic heterocycles. The largest absolute Gasteiger partial charge is 0.324 e. The van der Waals surface area contributed by atoms with Crippen LogP contribution in [0.1, 0.15) is 13.8 Å². The molecule has 0 aromatic heterocycles. The first kappa shape index (κ1) is 21.8. The Labute approximate surface area is 179 Å². The van der Waals surface area contributed by atoms with Gasteiger partial charge in [0.25, 0.3) is 0 Å². The van der Waals surface area contributed by atoms with Crippen LogP contribution < -0.4 is 5.32 Å². The summed E-state index contributed by atoms with van der Waals surface area (Å²) in [5.74, 6) is -0.998. The maximum Gasteiger partial charge on any atom is 0.244 e. The minimum Gasteiger partial charge on any atom is -0.324 e. The number of amides is 2. The van der Waals surface area contributed by atoms with Gasteiger partial charge in [0.05, 0.1) is 17.3 Å². The highest BCUT2D eigenvalue weighted by molar-refractivity contribution is 8.04. The molecule has 0 unspecified atom stereocenters. The molecule has 0 fully saturated rings. The van der Waals surface area contributed by atoms with Gasteiger partial charge < -0.3 is 5.32 Å². The second-order valence-electron chi connectivity index (χ2n) is 6.94. The number of nitrogens with zero attached hydrogens (tertiary/aromatic N) is 3. The van der Waals surface area contributed by atoms with Gasteiger partial charge in [0.15, 0.2) is 0 Å². The number of aliphatic imine (C=N–C) groups is 1. The zero-order valence-electron chi connectivity index (χ0n) is 16.3. The molecule has 8 nitrogen and oxygen atoms in total. The van der Waals surface area contributed by atoms with Gasteiger partial charge in [0.2, 0.25) is 21.8 Å². The summed E-state index contributed by atoms with van der Waals surface area (Å²) in [6, 6.07) is 4.20. The molecule has 1 aromatic rings. The van der Waals surface area contributed by atoms with E-state index in [1.807, 2.05) is 13.8 Å². The summed E-state index contributed by atoms with van der Waals surface area (Å²) < 4.78 is 25.8. The molecule has 0 radical (unpaired) electrons. The number of carbonyl (C=O) groups is 2. The quantitative estimate of drug-likeness (QED) is 0.733. The zero-order valence-corrected chi connectivity index (χ0v) is 18.7. The maximum atomic E-state index is 12.8. The van der Waals surface area contributed by atoms with E-state index in [9.17, 15) is 18.0 Å². The summed E-state index contributed by atoms with van der Waals surface area (Å²) in [4.78, 5) is 31.9. The Kier molecular flexibility index (Phi) is 6.09. The third-order valence-corrected chi connectivity index (χ3v) is 8.40. The second kappa shape index (κ2) is 8.10. The van der Waals surface area contributed by atoms with Crippen molar-refractivity contribution in [3.63, 3.8) is 0 Å². The van der Waals surface area contributed by atoms with Crippen LogP contribution in [0.5, 0.6) is 0 Å². The number of carbonyl (C=O) groups excluding carboxylic acids is 2. The van der Waals surface area contributed by atoms with Crippen molar-refractivity contribution in [3.8, 4) is 0 Å². The van der Waals surface area contributed by atoms with Crippen LogP contribution >= 0.6 is 23.4 Å². The maximum absolute atomic E-state index is 12.8. The molecule has 1 N–H and O–H groups in total. The lowest BCUT2D eigenvalue weighted by molar-refractivity contribution is -0.133. The predicted molar refractivity (Wildman–Crippen MR) is 114 cm³/mol. The van der Waals surface area contributed by atoms with Crippen LogP contribution in [0.25, 0.3) is 0 Å². The van der Waals surface area contributed by atoms with Crippen LogP contribution in [0, 0.1) is 5.92 Å². The topological polar surface area (TPSA) is 99.2 Å². The molecular weight excluding hydrogens is 436 g/mol. The molecule has 156 valence electrons. The van der Waals surface area contributed by atoms with E-state index in [4.69, 9.17) is 11.6 Å². The van der Waals surface area contributed by atoms with Crippen LogP contribution in [-0.4, -0.2) is 61.8 Å². The number of thioether (sulfide) groups is 1. The fourth-order valence-corrected chi connectivity index (χ4v) is 5.67. The van der Waals surface area contributed by atoms with E-state index < -0.39 is 15.9 Å². The van der Waals surface area contributed by atoms with E-state index in [0.29, 0.717) is 0 Å². The number of sulfonamides is 1. The summed E-state index contributed by atoms with van der Waals surface area (Å²) in [7, 11) is -0.979. The Morgan fingerprint density at radius 1 is 1.34 bits per heavy atom. The van der Waals surface area contributed by atoms with E-state index >= 15 is 0 Å². The van der Waals surface area contributed by atoms with Crippen LogP contribution in [0.15, 0.2) is 38.6 Å². The van der Waals surface area contributed by atoms with Gasteiger partial charge in [0.1, 0.15) is 16.8 Å². The molecular formula is C18H21ClN4O4S2. The summed E-state index contributed by atoms with van der Waals surface area (Å²) in [6.45, 7) is 3.64. The van der Waals surface area contributed by atoms with Gasteiger partial charge >= 0.3 is 0 Å². The van der Waals surface area contributed by atoms with Crippen molar-refractivity contribution in [1.29, 1.82) is 0 Å². The lowest BCUT2D eigenvalue weighted by Gasteiger charge is -2.28. The number of allylic oxidation sites excluding steroid dienone is 1. The van der Waals surface area contributed by atoms with E-state index in [0.717, 1.165) is 14.8 Å². The highest BCUT2D eigenvalue weighted by Crippen LogP contribution is 2.44. The third-order valence-electron chi connectivity index (χ3n) is 4.79. The van der Waals surface area contributed by atoms with Crippen molar-refractivity contribution in [3.05, 3.63) is 33.7 Å². The van der Waals surface area contributed by atoms with E-state index in [2.05, 4.69) is 10.3 Å². The average Bonchev–Trinajstić information content (AvgIpc) is 2.93. The number of rotatable bonds is 5. The van der Waals surface area contributed by atoms with Gasteiger partial charge in [-0.15, -0.1) is 11.8 Å². The van der Waals surface area contributed by atoms with E-state index in [1.54, 1.807) is 11.8 Å². The summed E-state index contributed by atoms with van der Waals surface area (Å²) in [5, 5.41) is 2.50. The number of halogens is 1. The summed E-state index contributed by atoms with van der Waals surface area (Å²) in [5.41, 5.74) is 1.24. The molecule has 0 saturated heterocycles. The fourth-order valence-electron chi connectivity index (χ4n) is 3.03. The Bertz CT molecular complexity index is 1040. The Balaban J connectivity index is 1.74. The average molecular weight is 457 g/mol. The van der Waals surface area contributed by atoms with Gasteiger partial charge in [-0.1, -0.05) is 11.6 Å². The first-order valence-electron chi connectivity index (χ1n) is 8.72. The van der Waals surface area contributed by atoms with Crippen LogP contribution in [0.3, 0.4) is 0 Å².